The fourth-order valence-corrected chi connectivity index (χ4v) is 6.38. The topological polar surface area (TPSA) is 93.2 Å². The molecule has 6 heterocycles. The average molecular weight is 374 g/mol. The van der Waals surface area contributed by atoms with Crippen molar-refractivity contribution in [1.29, 1.82) is 0 Å². The van der Waals surface area contributed by atoms with Crippen LogP contribution in [0, 0.1) is 23.7 Å². The van der Waals surface area contributed by atoms with Crippen LogP contribution in [0.25, 0.3) is 0 Å². The summed E-state index contributed by atoms with van der Waals surface area (Å²) in [6.45, 7) is 0.527. The maximum atomic E-state index is 12.7. The first-order valence-corrected chi connectivity index (χ1v) is 10.1. The van der Waals surface area contributed by atoms with Gasteiger partial charge in [-0.3, -0.25) is 29.0 Å². The Balaban J connectivity index is 1.11. The number of carbonyl (C=O) groups is 4. The van der Waals surface area contributed by atoms with Crippen molar-refractivity contribution in [3.8, 4) is 0 Å². The van der Waals surface area contributed by atoms with Gasteiger partial charge in [-0.05, 0) is 32.1 Å². The quantitative estimate of drug-likeness (QED) is 0.628. The number of nitrogens with zero attached hydrogens (tertiary/aromatic N) is 2. The molecule has 144 valence electrons. The third-order valence-corrected chi connectivity index (χ3v) is 7.51. The summed E-state index contributed by atoms with van der Waals surface area (Å²) in [5, 5.41) is 0. The lowest BCUT2D eigenvalue weighted by Crippen LogP contribution is -2.39. The van der Waals surface area contributed by atoms with Crippen LogP contribution in [0.3, 0.4) is 0 Å². The van der Waals surface area contributed by atoms with Gasteiger partial charge in [0.05, 0.1) is 48.1 Å². The Morgan fingerprint density at radius 3 is 1.19 bits per heavy atom. The number of rotatable bonds is 4. The fraction of sp³-hybridized carbons (Fsp3) is 0.789. The normalized spacial score (nSPS) is 47.0. The van der Waals surface area contributed by atoms with Crippen molar-refractivity contribution in [2.45, 2.75) is 56.5 Å². The van der Waals surface area contributed by atoms with Gasteiger partial charge in [0.1, 0.15) is 0 Å². The number of fused-ring (bicyclic) bond motifs is 10. The summed E-state index contributed by atoms with van der Waals surface area (Å²) in [5.74, 6) is -1.84. The average Bonchev–Trinajstić information content (AvgIpc) is 3.47. The van der Waals surface area contributed by atoms with Gasteiger partial charge in [-0.15, -0.1) is 0 Å². The monoisotopic (exact) mass is 374 g/mol. The van der Waals surface area contributed by atoms with E-state index in [1.165, 1.54) is 9.80 Å². The van der Waals surface area contributed by atoms with Crippen LogP contribution < -0.4 is 0 Å². The van der Waals surface area contributed by atoms with E-state index in [1.807, 2.05) is 0 Å². The molecule has 27 heavy (non-hydrogen) atoms. The van der Waals surface area contributed by atoms with E-state index in [4.69, 9.17) is 9.47 Å². The predicted octanol–water partition coefficient (Wildman–Crippen LogP) is -0.299. The molecule has 0 aromatic heterocycles. The number of hydrogen-bond acceptors (Lipinski definition) is 6. The summed E-state index contributed by atoms with van der Waals surface area (Å²) in [7, 11) is 0. The summed E-state index contributed by atoms with van der Waals surface area (Å²) in [4.78, 5) is 53.3. The summed E-state index contributed by atoms with van der Waals surface area (Å²) in [6, 6.07) is 0. The number of imide groups is 2. The molecule has 0 saturated carbocycles. The maximum absolute atomic E-state index is 12.7. The standard InChI is InChI=1S/C19H22N2O6/c22-16-12-8-2-3-9(26-8)13(12)17(23)20(16)6-1-7-21-18(24)14-10-4-5-11(27-10)15(14)19(21)25/h8-15H,1-7H2/t8-,9-,10+,11+,12?,13?,14?,15?. The molecule has 6 aliphatic rings. The van der Waals surface area contributed by atoms with Crippen LogP contribution in [-0.4, -0.2) is 70.9 Å². The van der Waals surface area contributed by atoms with Crippen molar-refractivity contribution in [2.75, 3.05) is 13.1 Å². The molecular weight excluding hydrogens is 352 g/mol. The highest BCUT2D eigenvalue weighted by atomic mass is 16.5. The molecule has 4 bridgehead atoms. The van der Waals surface area contributed by atoms with E-state index >= 15 is 0 Å². The molecule has 0 aromatic carbocycles. The van der Waals surface area contributed by atoms with Crippen LogP contribution in [0.5, 0.6) is 0 Å². The summed E-state index contributed by atoms with van der Waals surface area (Å²) in [5.41, 5.74) is 0. The first kappa shape index (κ1) is 16.2. The van der Waals surface area contributed by atoms with Gasteiger partial charge in [-0.1, -0.05) is 0 Å². The van der Waals surface area contributed by atoms with Crippen LogP contribution in [-0.2, 0) is 28.7 Å². The van der Waals surface area contributed by atoms with Crippen molar-refractivity contribution >= 4 is 23.6 Å². The molecule has 6 fully saturated rings. The van der Waals surface area contributed by atoms with Gasteiger partial charge in [0, 0.05) is 13.1 Å². The summed E-state index contributed by atoms with van der Waals surface area (Å²) >= 11 is 0. The zero-order chi connectivity index (χ0) is 18.4. The van der Waals surface area contributed by atoms with Gasteiger partial charge in [-0.2, -0.15) is 0 Å². The predicted molar refractivity (Wildman–Crippen MR) is 87.8 cm³/mol. The van der Waals surface area contributed by atoms with Crippen molar-refractivity contribution in [3.05, 3.63) is 0 Å². The van der Waals surface area contributed by atoms with E-state index in [2.05, 4.69) is 0 Å². The van der Waals surface area contributed by atoms with Gasteiger partial charge in [-0.25, -0.2) is 0 Å². The Morgan fingerprint density at radius 1 is 0.593 bits per heavy atom. The Bertz CT molecular complexity index is 649. The molecule has 6 rings (SSSR count). The second kappa shape index (κ2) is 5.38. The number of amides is 4. The smallest absolute Gasteiger partial charge is 0.235 e. The number of hydrogen-bond donors (Lipinski definition) is 0. The highest BCUT2D eigenvalue weighted by Crippen LogP contribution is 2.49. The van der Waals surface area contributed by atoms with Crippen molar-refractivity contribution in [2.24, 2.45) is 23.7 Å². The molecule has 8 heteroatoms. The van der Waals surface area contributed by atoms with Crippen molar-refractivity contribution in [3.63, 3.8) is 0 Å². The minimum atomic E-state index is -0.321. The summed E-state index contributed by atoms with van der Waals surface area (Å²) < 4.78 is 11.5. The van der Waals surface area contributed by atoms with Crippen LogP contribution in [0.15, 0.2) is 0 Å². The highest BCUT2D eigenvalue weighted by molar-refractivity contribution is 6.07. The van der Waals surface area contributed by atoms with Gasteiger partial charge < -0.3 is 9.47 Å². The molecule has 0 aliphatic carbocycles. The molecule has 4 amide bonds. The minimum Gasteiger partial charge on any atom is -0.373 e. The van der Waals surface area contributed by atoms with Gasteiger partial charge >= 0.3 is 0 Å². The van der Waals surface area contributed by atoms with Crippen LogP contribution >= 0.6 is 0 Å². The van der Waals surface area contributed by atoms with Crippen molar-refractivity contribution in [1.82, 2.24) is 9.80 Å². The lowest BCUT2D eigenvalue weighted by atomic mass is 9.81. The second-order valence-electron chi connectivity index (χ2n) is 8.69. The van der Waals surface area contributed by atoms with Gasteiger partial charge in [0.25, 0.3) is 0 Å². The minimum absolute atomic E-state index is 0.113. The van der Waals surface area contributed by atoms with Crippen molar-refractivity contribution < 1.29 is 28.7 Å². The zero-order valence-corrected chi connectivity index (χ0v) is 14.9. The molecule has 4 unspecified atom stereocenters. The Kier molecular flexibility index (Phi) is 3.22. The lowest BCUT2D eigenvalue weighted by molar-refractivity contribution is -0.142. The maximum Gasteiger partial charge on any atom is 0.235 e. The van der Waals surface area contributed by atoms with Crippen LogP contribution in [0.4, 0.5) is 0 Å². The number of likely N-dealkylation sites (tertiary alicyclic amines) is 2. The van der Waals surface area contributed by atoms with Gasteiger partial charge in [0.15, 0.2) is 0 Å². The Hall–Kier alpha value is -1.80. The van der Waals surface area contributed by atoms with E-state index < -0.39 is 0 Å². The molecule has 0 radical (unpaired) electrons. The highest BCUT2D eigenvalue weighted by Gasteiger charge is 2.63. The zero-order valence-electron chi connectivity index (χ0n) is 14.9. The van der Waals surface area contributed by atoms with E-state index in [0.29, 0.717) is 6.42 Å². The third-order valence-electron chi connectivity index (χ3n) is 7.51. The Morgan fingerprint density at radius 2 is 0.889 bits per heavy atom. The number of carbonyl (C=O) groups excluding carboxylic acids is 4. The molecule has 6 saturated heterocycles. The first-order valence-electron chi connectivity index (χ1n) is 10.1. The molecule has 6 aliphatic heterocycles. The van der Waals surface area contributed by atoms with Crippen LogP contribution in [0.2, 0.25) is 0 Å². The first-order chi connectivity index (χ1) is 13.1. The fourth-order valence-electron chi connectivity index (χ4n) is 6.38. The third kappa shape index (κ3) is 1.95. The van der Waals surface area contributed by atoms with E-state index in [-0.39, 0.29) is 84.8 Å². The Labute approximate surface area is 156 Å². The lowest BCUT2D eigenvalue weighted by Gasteiger charge is -2.20. The molecule has 8 nitrogen and oxygen atoms in total. The SMILES string of the molecule is O=C1C2C(C(=O)N1CCCN1C(=O)C3C(C1=O)[C@H]1CC[C@H]3O1)[C@@H]1CC[C@@H]2O1. The number of ether oxygens (including phenoxy) is 2. The van der Waals surface area contributed by atoms with E-state index in [9.17, 15) is 19.2 Å². The van der Waals surface area contributed by atoms with Gasteiger partial charge in [0.2, 0.25) is 23.6 Å². The van der Waals surface area contributed by atoms with E-state index in [1.54, 1.807) is 0 Å². The second-order valence-corrected chi connectivity index (χ2v) is 8.69. The molecule has 8 atom stereocenters. The molecular formula is C19H22N2O6. The van der Waals surface area contributed by atoms with Crippen LogP contribution in [0.1, 0.15) is 32.1 Å². The largest absolute Gasteiger partial charge is 0.373 e. The molecule has 0 N–H and O–H groups in total. The van der Waals surface area contributed by atoms with E-state index in [0.717, 1.165) is 25.7 Å². The molecule has 0 aromatic rings. The molecule has 0 spiro atoms. The summed E-state index contributed by atoms with van der Waals surface area (Å²) in [6.07, 6.45) is 3.38.